The third kappa shape index (κ3) is 15.8. The average molecular weight is 624 g/mol. The van der Waals surface area contributed by atoms with Gasteiger partial charge in [-0.1, -0.05) is 30.3 Å². The molecule has 0 radical (unpaired) electrons. The van der Waals surface area contributed by atoms with E-state index in [1.165, 1.54) is 6.92 Å². The molecule has 1 rings (SSSR count). The number of benzene rings is 1. The molecule has 44 heavy (non-hydrogen) atoms. The summed E-state index contributed by atoms with van der Waals surface area (Å²) in [5.41, 5.74) is 4.52. The first-order valence-corrected chi connectivity index (χ1v) is 13.9. The first-order valence-electron chi connectivity index (χ1n) is 13.9. The minimum Gasteiger partial charge on any atom is -0.480 e. The second-order valence-corrected chi connectivity index (χ2v) is 12.0. The topological polar surface area (TPSA) is 224 Å². The molecule has 15 heteroatoms. The molecular formula is C29H45N5O10. The van der Waals surface area contributed by atoms with Gasteiger partial charge < -0.3 is 46.3 Å². The number of amides is 5. The van der Waals surface area contributed by atoms with E-state index in [4.69, 9.17) is 25.1 Å². The molecule has 0 aromatic heterocycles. The van der Waals surface area contributed by atoms with Gasteiger partial charge in [0.2, 0.25) is 23.6 Å². The van der Waals surface area contributed by atoms with Gasteiger partial charge in [-0.15, -0.1) is 0 Å². The Morgan fingerprint density at radius 1 is 0.750 bits per heavy atom. The largest absolute Gasteiger partial charge is 0.480 e. The zero-order chi connectivity index (χ0) is 33.7. The van der Waals surface area contributed by atoms with Crippen LogP contribution in [0.4, 0.5) is 4.79 Å². The lowest BCUT2D eigenvalue weighted by Crippen LogP contribution is -2.60. The fourth-order valence-electron chi connectivity index (χ4n) is 3.27. The molecule has 0 saturated carbocycles. The van der Waals surface area contributed by atoms with Crippen molar-refractivity contribution in [2.75, 3.05) is 13.2 Å². The number of primary amides is 1. The molecule has 0 aliphatic heterocycles. The molecule has 0 saturated heterocycles. The Bertz CT molecular complexity index is 1150. The Labute approximate surface area is 256 Å². The number of ether oxygens (including phenoxy) is 3. The lowest BCUT2D eigenvalue weighted by molar-refractivity contribution is -0.142. The van der Waals surface area contributed by atoms with Gasteiger partial charge in [0.15, 0.2) is 0 Å². The van der Waals surface area contributed by atoms with Gasteiger partial charge in [0.1, 0.15) is 30.8 Å². The first-order chi connectivity index (χ1) is 20.3. The molecule has 246 valence electrons. The van der Waals surface area contributed by atoms with E-state index in [2.05, 4.69) is 21.3 Å². The van der Waals surface area contributed by atoms with Crippen LogP contribution < -0.4 is 27.0 Å². The summed E-state index contributed by atoms with van der Waals surface area (Å²) < 4.78 is 16.7. The van der Waals surface area contributed by atoms with E-state index >= 15 is 0 Å². The molecule has 0 aliphatic carbocycles. The van der Waals surface area contributed by atoms with Crippen molar-refractivity contribution in [2.45, 2.75) is 96.9 Å². The number of carbonyl (C=O) groups is 6. The van der Waals surface area contributed by atoms with E-state index < -0.39 is 77.5 Å². The van der Waals surface area contributed by atoms with E-state index in [1.54, 1.807) is 65.8 Å². The summed E-state index contributed by atoms with van der Waals surface area (Å²) in [4.78, 5) is 74.8. The van der Waals surface area contributed by atoms with E-state index in [0.717, 1.165) is 5.56 Å². The number of alkyl carbamates (subject to hydrolysis) is 1. The van der Waals surface area contributed by atoms with Crippen molar-refractivity contribution in [1.29, 1.82) is 0 Å². The van der Waals surface area contributed by atoms with Crippen molar-refractivity contribution in [3.63, 3.8) is 0 Å². The predicted molar refractivity (Wildman–Crippen MR) is 158 cm³/mol. The first kappa shape index (κ1) is 37.8. The Morgan fingerprint density at radius 2 is 1.20 bits per heavy atom. The lowest BCUT2D eigenvalue weighted by Gasteiger charge is -2.29. The van der Waals surface area contributed by atoms with E-state index in [9.17, 15) is 28.8 Å². The number of hydrogen-bond donors (Lipinski definition) is 6. The van der Waals surface area contributed by atoms with Gasteiger partial charge in [-0.2, -0.15) is 0 Å². The van der Waals surface area contributed by atoms with Crippen LogP contribution in [0.2, 0.25) is 0 Å². The van der Waals surface area contributed by atoms with Crippen LogP contribution in [0.1, 0.15) is 60.5 Å². The van der Waals surface area contributed by atoms with Crippen molar-refractivity contribution in [3.05, 3.63) is 35.9 Å². The van der Waals surface area contributed by atoms with Crippen LogP contribution in [0.5, 0.6) is 0 Å². The number of carboxylic acids is 1. The Hall–Kier alpha value is -4.24. The van der Waals surface area contributed by atoms with Crippen LogP contribution in [0.15, 0.2) is 30.3 Å². The number of nitrogens with one attached hydrogen (secondary N) is 4. The van der Waals surface area contributed by atoms with Crippen molar-refractivity contribution in [3.8, 4) is 0 Å². The number of hydrogen-bond acceptors (Lipinski definition) is 9. The van der Waals surface area contributed by atoms with Crippen molar-refractivity contribution in [2.24, 2.45) is 5.73 Å². The summed E-state index contributed by atoms with van der Waals surface area (Å²) in [6.45, 7) is 10.9. The number of aliphatic carboxylic acids is 1. The zero-order valence-electron chi connectivity index (χ0n) is 26.2. The van der Waals surface area contributed by atoms with Crippen LogP contribution in [0, 0.1) is 0 Å². The third-order valence-electron chi connectivity index (χ3n) is 5.59. The van der Waals surface area contributed by atoms with Crippen LogP contribution >= 0.6 is 0 Å². The molecule has 0 unspecified atom stereocenters. The Morgan fingerprint density at radius 3 is 1.66 bits per heavy atom. The highest BCUT2D eigenvalue weighted by Crippen LogP contribution is 2.10. The Kier molecular flexibility index (Phi) is 14.7. The van der Waals surface area contributed by atoms with Gasteiger partial charge in [-0.3, -0.25) is 24.0 Å². The molecule has 0 spiro atoms. The molecule has 5 amide bonds. The minimum atomic E-state index is -1.55. The summed E-state index contributed by atoms with van der Waals surface area (Å²) in [5, 5.41) is 18.5. The molecule has 7 N–H and O–H groups in total. The molecule has 0 bridgehead atoms. The number of nitrogens with two attached hydrogens (primary N) is 1. The molecule has 1 aromatic carbocycles. The predicted octanol–water partition coefficient (Wildman–Crippen LogP) is 0.346. The second kappa shape index (κ2) is 17.2. The van der Waals surface area contributed by atoms with Crippen LogP contribution in [0.3, 0.4) is 0 Å². The van der Waals surface area contributed by atoms with Crippen molar-refractivity contribution >= 4 is 35.7 Å². The van der Waals surface area contributed by atoms with E-state index in [1.807, 2.05) is 6.07 Å². The Balaban J connectivity index is 3.16. The highest BCUT2D eigenvalue weighted by molar-refractivity contribution is 5.96. The molecule has 15 nitrogen and oxygen atoms in total. The standard InChI is InChI=1S/C29H45N5O10/c1-17(26(39)40)31-23(36)19(13-22(30)35)32-24(37)20(15-43-28(2,3)4)33-25(38)21(16-44-29(5,6)7)34-27(41)42-14-18-11-9-8-10-12-18/h8-12,17,19-21H,13-16H2,1-7H3,(H2,30,35)(H,31,36)(H,32,37)(H,33,38)(H,34,41)(H,39,40)/t17-,19-,20-,21-/m0/s1. The minimum absolute atomic E-state index is 0.0601. The van der Waals surface area contributed by atoms with Gasteiger partial charge in [0, 0.05) is 0 Å². The SMILES string of the molecule is C[C@H](NC(=O)[C@H](CC(N)=O)NC(=O)[C@H](COC(C)(C)C)NC(=O)[C@H](COC(C)(C)C)NC(=O)OCc1ccccc1)C(=O)O. The molecule has 0 aliphatic rings. The lowest BCUT2D eigenvalue weighted by atomic mass is 10.1. The van der Waals surface area contributed by atoms with Crippen LogP contribution in [0.25, 0.3) is 0 Å². The fraction of sp³-hybridized carbons (Fsp3) is 0.586. The molecule has 0 heterocycles. The summed E-state index contributed by atoms with van der Waals surface area (Å²) >= 11 is 0. The van der Waals surface area contributed by atoms with E-state index in [0.29, 0.717) is 0 Å². The quantitative estimate of drug-likeness (QED) is 0.148. The molecule has 1 aromatic rings. The highest BCUT2D eigenvalue weighted by atomic mass is 16.5. The maximum absolute atomic E-state index is 13.4. The average Bonchev–Trinajstić information content (AvgIpc) is 2.90. The van der Waals surface area contributed by atoms with Crippen LogP contribution in [-0.4, -0.2) is 89.4 Å². The van der Waals surface area contributed by atoms with Crippen molar-refractivity contribution in [1.82, 2.24) is 21.3 Å². The maximum atomic E-state index is 13.4. The van der Waals surface area contributed by atoms with Gasteiger partial charge in [-0.05, 0) is 54.0 Å². The van der Waals surface area contributed by atoms with Gasteiger partial charge in [-0.25, -0.2) is 4.79 Å². The van der Waals surface area contributed by atoms with Gasteiger partial charge in [0.05, 0.1) is 30.8 Å². The van der Waals surface area contributed by atoms with Crippen molar-refractivity contribution < 1.29 is 48.1 Å². The molecular weight excluding hydrogens is 578 g/mol. The normalized spacial score (nSPS) is 14.2. The number of rotatable bonds is 16. The summed E-state index contributed by atoms with van der Waals surface area (Å²) in [5.74, 6) is -5.04. The maximum Gasteiger partial charge on any atom is 0.408 e. The van der Waals surface area contributed by atoms with E-state index in [-0.39, 0.29) is 19.8 Å². The molecule has 0 fully saturated rings. The molecule has 4 atom stereocenters. The monoisotopic (exact) mass is 623 g/mol. The second-order valence-electron chi connectivity index (χ2n) is 12.0. The van der Waals surface area contributed by atoms with Crippen LogP contribution in [-0.2, 0) is 44.8 Å². The number of carbonyl (C=O) groups excluding carboxylic acids is 5. The van der Waals surface area contributed by atoms with Gasteiger partial charge in [0.25, 0.3) is 0 Å². The summed E-state index contributed by atoms with van der Waals surface area (Å²) in [6.07, 6.45) is -1.56. The fourth-order valence-corrected chi connectivity index (χ4v) is 3.27. The van der Waals surface area contributed by atoms with Gasteiger partial charge >= 0.3 is 12.1 Å². The third-order valence-corrected chi connectivity index (χ3v) is 5.59. The smallest absolute Gasteiger partial charge is 0.408 e. The highest BCUT2D eigenvalue weighted by Gasteiger charge is 2.33. The summed E-state index contributed by atoms with van der Waals surface area (Å²) in [6, 6.07) is 3.25. The zero-order valence-corrected chi connectivity index (χ0v) is 26.2. The number of carboxylic acid groups (broad SMARTS) is 1. The summed E-state index contributed by atoms with van der Waals surface area (Å²) in [7, 11) is 0.